The van der Waals surface area contributed by atoms with Crippen LogP contribution in [0.4, 0.5) is 0 Å². The third-order valence-corrected chi connectivity index (χ3v) is 5.40. The van der Waals surface area contributed by atoms with E-state index in [1.807, 2.05) is 55.8 Å². The van der Waals surface area contributed by atoms with Gasteiger partial charge in [-0.1, -0.05) is 59.6 Å². The third-order valence-electron chi connectivity index (χ3n) is 4.66. The van der Waals surface area contributed by atoms with Gasteiger partial charge in [0.05, 0.1) is 29.2 Å². The molecule has 0 aliphatic rings. The number of benzene rings is 2. The lowest BCUT2D eigenvalue weighted by Crippen LogP contribution is -2.39. The maximum Gasteiger partial charge on any atom is 0.192 e. The number of rotatable bonds is 6. The first kappa shape index (κ1) is 21.1. The number of aromatic nitrogens is 3. The number of aliphatic imine (C=N–C) groups is 1. The molecule has 3 aromatic rings. The highest BCUT2D eigenvalue weighted by atomic mass is 35.5. The Morgan fingerprint density at radius 3 is 2.52 bits per heavy atom. The molecule has 1 unspecified atom stereocenters. The normalized spacial score (nSPS) is 12.7. The van der Waals surface area contributed by atoms with Gasteiger partial charge >= 0.3 is 0 Å². The van der Waals surface area contributed by atoms with Crippen molar-refractivity contribution in [3.05, 3.63) is 81.4 Å². The molecule has 0 radical (unpaired) electrons. The van der Waals surface area contributed by atoms with Gasteiger partial charge in [0.25, 0.3) is 0 Å². The zero-order chi connectivity index (χ0) is 20.8. The minimum absolute atomic E-state index is 0.0203. The van der Waals surface area contributed by atoms with E-state index >= 15 is 0 Å². The van der Waals surface area contributed by atoms with Crippen LogP contribution in [0.3, 0.4) is 0 Å². The maximum absolute atomic E-state index is 6.17. The number of aryl methyl sites for hydroxylation is 1. The Hall–Kier alpha value is -2.57. The molecule has 2 aromatic carbocycles. The second kappa shape index (κ2) is 9.76. The van der Waals surface area contributed by atoms with Gasteiger partial charge < -0.3 is 15.2 Å². The molecule has 6 nitrogen and oxygen atoms in total. The van der Waals surface area contributed by atoms with Crippen molar-refractivity contribution in [2.45, 2.75) is 33.0 Å². The number of halogens is 2. The van der Waals surface area contributed by atoms with E-state index in [0.29, 0.717) is 29.1 Å². The van der Waals surface area contributed by atoms with Crippen LogP contribution in [0.1, 0.15) is 35.7 Å². The molecule has 8 heteroatoms. The van der Waals surface area contributed by atoms with Crippen LogP contribution in [0.2, 0.25) is 10.0 Å². The summed E-state index contributed by atoms with van der Waals surface area (Å²) in [5, 5.41) is 16.1. The monoisotopic (exact) mass is 430 g/mol. The number of hydrogen-bond donors (Lipinski definition) is 2. The number of nitrogens with zero attached hydrogens (tertiary/aromatic N) is 4. The molecular weight excluding hydrogens is 407 g/mol. The molecule has 0 amide bonds. The van der Waals surface area contributed by atoms with Crippen molar-refractivity contribution in [1.82, 2.24) is 25.4 Å². The quantitative estimate of drug-likeness (QED) is 0.448. The fourth-order valence-electron chi connectivity index (χ4n) is 2.74. The molecule has 0 bridgehead atoms. The summed E-state index contributed by atoms with van der Waals surface area (Å²) in [6.45, 7) is 5.03. The van der Waals surface area contributed by atoms with E-state index in [9.17, 15) is 0 Å². The molecule has 0 aliphatic heterocycles. The smallest absolute Gasteiger partial charge is 0.192 e. The lowest BCUT2D eigenvalue weighted by Gasteiger charge is -2.19. The fraction of sp³-hybridized carbons (Fsp3) is 0.286. The van der Waals surface area contributed by atoms with E-state index in [4.69, 9.17) is 28.2 Å². The third kappa shape index (κ3) is 5.71. The van der Waals surface area contributed by atoms with Crippen LogP contribution in [-0.4, -0.2) is 20.7 Å². The summed E-state index contributed by atoms with van der Waals surface area (Å²) in [5.41, 5.74) is 2.15. The van der Waals surface area contributed by atoms with Crippen molar-refractivity contribution in [1.29, 1.82) is 0 Å². The Morgan fingerprint density at radius 2 is 1.86 bits per heavy atom. The molecule has 1 heterocycles. The molecule has 0 saturated carbocycles. The van der Waals surface area contributed by atoms with Gasteiger partial charge in [0.15, 0.2) is 11.8 Å². The molecule has 1 atom stereocenters. The van der Waals surface area contributed by atoms with E-state index in [-0.39, 0.29) is 6.04 Å². The van der Waals surface area contributed by atoms with Crippen molar-refractivity contribution >= 4 is 29.2 Å². The van der Waals surface area contributed by atoms with Crippen molar-refractivity contribution < 1.29 is 0 Å². The Balaban J connectivity index is 1.75. The Labute approximate surface area is 181 Å². The first-order valence-corrected chi connectivity index (χ1v) is 10.1. The highest BCUT2D eigenvalue weighted by Crippen LogP contribution is 2.25. The summed E-state index contributed by atoms with van der Waals surface area (Å²) in [5.74, 6) is 2.37. The Morgan fingerprint density at radius 1 is 1.10 bits per heavy atom. The Kier molecular flexibility index (Phi) is 7.12. The second-order valence-electron chi connectivity index (χ2n) is 6.77. The first-order valence-electron chi connectivity index (χ1n) is 9.32. The lowest BCUT2D eigenvalue weighted by molar-refractivity contribution is 0.664. The highest BCUT2D eigenvalue weighted by molar-refractivity contribution is 6.42. The topological polar surface area (TPSA) is 67.1 Å². The van der Waals surface area contributed by atoms with Gasteiger partial charge in [-0.15, -0.1) is 10.2 Å². The maximum atomic E-state index is 6.17. The first-order chi connectivity index (χ1) is 13.9. The van der Waals surface area contributed by atoms with E-state index < -0.39 is 0 Å². The van der Waals surface area contributed by atoms with E-state index in [1.54, 1.807) is 6.07 Å². The van der Waals surface area contributed by atoms with Gasteiger partial charge in [0, 0.05) is 7.05 Å². The lowest BCUT2D eigenvalue weighted by atomic mass is 10.1. The molecule has 0 saturated heterocycles. The van der Waals surface area contributed by atoms with Crippen molar-refractivity contribution in [3.8, 4) is 0 Å². The summed E-state index contributed by atoms with van der Waals surface area (Å²) < 4.78 is 1.95. The minimum atomic E-state index is -0.0203. The van der Waals surface area contributed by atoms with Crippen LogP contribution >= 0.6 is 23.2 Å². The number of guanidine groups is 1. The van der Waals surface area contributed by atoms with Crippen LogP contribution in [-0.2, 0) is 20.1 Å². The summed E-state index contributed by atoms with van der Waals surface area (Å²) in [6.07, 6.45) is 0. The van der Waals surface area contributed by atoms with Crippen molar-refractivity contribution in [3.63, 3.8) is 0 Å². The molecule has 29 heavy (non-hydrogen) atoms. The zero-order valence-corrected chi connectivity index (χ0v) is 18.2. The summed E-state index contributed by atoms with van der Waals surface area (Å²) in [6, 6.07) is 15.7. The fourth-order valence-corrected chi connectivity index (χ4v) is 3.05. The van der Waals surface area contributed by atoms with Gasteiger partial charge in [-0.3, -0.25) is 0 Å². The van der Waals surface area contributed by atoms with E-state index in [1.165, 1.54) is 0 Å². The summed E-state index contributed by atoms with van der Waals surface area (Å²) >= 11 is 12.2. The second-order valence-corrected chi connectivity index (χ2v) is 7.58. The largest absolute Gasteiger partial charge is 0.350 e. The van der Waals surface area contributed by atoms with Crippen LogP contribution < -0.4 is 10.6 Å². The summed E-state index contributed by atoms with van der Waals surface area (Å²) in [7, 11) is 1.94. The van der Waals surface area contributed by atoms with Crippen LogP contribution in [0.15, 0.2) is 53.5 Å². The average molecular weight is 431 g/mol. The predicted molar refractivity (Wildman–Crippen MR) is 118 cm³/mol. The number of nitrogens with one attached hydrogen (secondary N) is 2. The highest BCUT2D eigenvalue weighted by Gasteiger charge is 2.12. The van der Waals surface area contributed by atoms with Crippen molar-refractivity contribution in [2.75, 3.05) is 0 Å². The molecule has 1 aromatic heterocycles. The van der Waals surface area contributed by atoms with Gasteiger partial charge in [0.2, 0.25) is 0 Å². The van der Waals surface area contributed by atoms with Gasteiger partial charge in [0.1, 0.15) is 5.82 Å². The molecule has 0 aliphatic carbocycles. The van der Waals surface area contributed by atoms with Crippen molar-refractivity contribution in [2.24, 2.45) is 12.0 Å². The minimum Gasteiger partial charge on any atom is -0.350 e. The predicted octanol–water partition coefficient (Wildman–Crippen LogP) is 4.43. The number of hydrogen-bond acceptors (Lipinski definition) is 3. The SMILES string of the molecule is Cc1nnc(CNC(=NCc2ccccc2)NC(C)c2ccc(Cl)c(Cl)c2)n1C. The van der Waals surface area contributed by atoms with E-state index in [0.717, 1.165) is 22.8 Å². The zero-order valence-electron chi connectivity index (χ0n) is 16.7. The molecule has 3 rings (SSSR count). The van der Waals surface area contributed by atoms with Gasteiger partial charge in [-0.05, 0) is 37.1 Å². The molecule has 2 N–H and O–H groups in total. The molecule has 0 spiro atoms. The standard InChI is InChI=1S/C21H24Cl2N6/c1-14(17-9-10-18(22)19(23)11-17)26-21(24-12-16-7-5-4-6-8-16)25-13-20-28-27-15(2)29(20)3/h4-11,14H,12-13H2,1-3H3,(H2,24,25,26). The van der Waals surface area contributed by atoms with E-state index in [2.05, 4.69) is 33.0 Å². The van der Waals surface area contributed by atoms with Crippen LogP contribution in [0, 0.1) is 6.92 Å². The molecular formula is C21H24Cl2N6. The molecule has 0 fully saturated rings. The summed E-state index contributed by atoms with van der Waals surface area (Å²) in [4.78, 5) is 4.73. The van der Waals surface area contributed by atoms with Gasteiger partial charge in [-0.25, -0.2) is 4.99 Å². The van der Waals surface area contributed by atoms with Crippen LogP contribution in [0.25, 0.3) is 0 Å². The Bertz CT molecular complexity index is 984. The van der Waals surface area contributed by atoms with Gasteiger partial charge in [-0.2, -0.15) is 0 Å². The average Bonchev–Trinajstić information content (AvgIpc) is 3.04. The molecule has 152 valence electrons. The van der Waals surface area contributed by atoms with Crippen LogP contribution in [0.5, 0.6) is 0 Å².